The van der Waals surface area contributed by atoms with Gasteiger partial charge < -0.3 is 4.57 Å². The average molecular weight is 337 g/mol. The Labute approximate surface area is 151 Å². The highest BCUT2D eigenvalue weighted by molar-refractivity contribution is 6.20. The molecule has 126 valence electrons. The number of aromatic nitrogens is 3. The molecule has 0 radical (unpaired) electrons. The molecule has 2 heterocycles. The molecule has 0 saturated carbocycles. The summed E-state index contributed by atoms with van der Waals surface area (Å²) < 4.78 is 2.23. The smallest absolute Gasteiger partial charge is 0.116 e. The summed E-state index contributed by atoms with van der Waals surface area (Å²) in [5.41, 5.74) is 7.92. The largest absolute Gasteiger partial charge is 0.340 e. The Morgan fingerprint density at radius 1 is 0.846 bits per heavy atom. The first-order valence-corrected chi connectivity index (χ1v) is 8.83. The maximum atomic E-state index is 4.68. The molecular formula is C23H19N3. The Hall–Kier alpha value is -3.20. The topological polar surface area (TPSA) is 30.7 Å². The summed E-state index contributed by atoms with van der Waals surface area (Å²) >= 11 is 0. The molecule has 3 aromatic carbocycles. The third-order valence-electron chi connectivity index (χ3n) is 5.16. The molecule has 0 amide bonds. The number of nitrogens with zero attached hydrogens (tertiary/aromatic N) is 3. The maximum absolute atomic E-state index is 4.68. The lowest BCUT2D eigenvalue weighted by Gasteiger charge is -2.07. The summed E-state index contributed by atoms with van der Waals surface area (Å²) in [6.45, 7) is 4.26. The van der Waals surface area contributed by atoms with E-state index in [0.717, 1.165) is 22.3 Å². The van der Waals surface area contributed by atoms with Gasteiger partial charge in [0, 0.05) is 18.0 Å². The minimum atomic E-state index is 0.990. The fourth-order valence-electron chi connectivity index (χ4n) is 4.11. The van der Waals surface area contributed by atoms with Crippen molar-refractivity contribution in [2.75, 3.05) is 0 Å². The van der Waals surface area contributed by atoms with Crippen LogP contribution in [-0.2, 0) is 7.05 Å². The number of aryl methyl sites for hydroxylation is 3. The Morgan fingerprint density at radius 3 is 2.42 bits per heavy atom. The van der Waals surface area contributed by atoms with Gasteiger partial charge in [-0.1, -0.05) is 47.5 Å². The van der Waals surface area contributed by atoms with E-state index < -0.39 is 0 Å². The van der Waals surface area contributed by atoms with E-state index in [1.165, 1.54) is 32.8 Å². The molecule has 3 nitrogen and oxygen atoms in total. The predicted octanol–water partition coefficient (Wildman–Crippen LogP) is 5.56. The van der Waals surface area contributed by atoms with E-state index in [1.807, 2.05) is 0 Å². The van der Waals surface area contributed by atoms with Gasteiger partial charge >= 0.3 is 0 Å². The van der Waals surface area contributed by atoms with E-state index in [-0.39, 0.29) is 0 Å². The Morgan fingerprint density at radius 2 is 1.62 bits per heavy atom. The van der Waals surface area contributed by atoms with Crippen LogP contribution in [0.2, 0.25) is 0 Å². The Kier molecular flexibility index (Phi) is 3.13. The van der Waals surface area contributed by atoms with Crippen LogP contribution in [0, 0.1) is 13.8 Å². The van der Waals surface area contributed by atoms with Gasteiger partial charge in [-0.2, -0.15) is 0 Å². The van der Waals surface area contributed by atoms with E-state index in [9.17, 15) is 0 Å². The summed E-state index contributed by atoms with van der Waals surface area (Å²) in [5, 5.41) is 3.67. The zero-order valence-electron chi connectivity index (χ0n) is 15.1. The van der Waals surface area contributed by atoms with Gasteiger partial charge in [-0.25, -0.2) is 9.97 Å². The van der Waals surface area contributed by atoms with Crippen molar-refractivity contribution < 1.29 is 0 Å². The quantitative estimate of drug-likeness (QED) is 0.401. The lowest BCUT2D eigenvalue weighted by molar-refractivity contribution is 1.01. The van der Waals surface area contributed by atoms with Crippen molar-refractivity contribution in [1.82, 2.24) is 14.5 Å². The number of hydrogen-bond donors (Lipinski definition) is 0. The minimum absolute atomic E-state index is 0.990. The number of benzene rings is 3. The highest BCUT2D eigenvalue weighted by Gasteiger charge is 2.17. The highest BCUT2D eigenvalue weighted by Crippen LogP contribution is 2.36. The molecule has 0 bridgehead atoms. The molecule has 0 atom stereocenters. The van der Waals surface area contributed by atoms with Crippen LogP contribution < -0.4 is 0 Å². The van der Waals surface area contributed by atoms with Gasteiger partial charge in [0.15, 0.2) is 0 Å². The van der Waals surface area contributed by atoms with Crippen LogP contribution in [0.15, 0.2) is 60.9 Å². The SMILES string of the molecule is Cc1cc(C)cc(-c2ncnc3c4c5ccccc5ccc4n(C)c23)c1. The van der Waals surface area contributed by atoms with Crippen molar-refractivity contribution in [2.45, 2.75) is 13.8 Å². The van der Waals surface area contributed by atoms with Gasteiger partial charge in [-0.3, -0.25) is 0 Å². The molecule has 0 aliphatic rings. The van der Waals surface area contributed by atoms with Crippen molar-refractivity contribution in [2.24, 2.45) is 7.05 Å². The third-order valence-corrected chi connectivity index (χ3v) is 5.16. The van der Waals surface area contributed by atoms with Gasteiger partial charge in [-0.15, -0.1) is 0 Å². The lowest BCUT2D eigenvalue weighted by atomic mass is 10.0. The molecule has 5 rings (SSSR count). The molecule has 26 heavy (non-hydrogen) atoms. The maximum Gasteiger partial charge on any atom is 0.116 e. The molecule has 0 N–H and O–H groups in total. The molecule has 0 fully saturated rings. The van der Waals surface area contributed by atoms with E-state index >= 15 is 0 Å². The summed E-state index contributed by atoms with van der Waals surface area (Å²) in [4.78, 5) is 9.34. The lowest BCUT2D eigenvalue weighted by Crippen LogP contribution is -1.94. The summed E-state index contributed by atoms with van der Waals surface area (Å²) in [6, 6.07) is 19.5. The zero-order chi connectivity index (χ0) is 17.8. The standard InChI is InChI=1S/C23H19N3/c1-14-10-15(2)12-17(11-14)21-23-22(25-13-24-21)20-18-7-5-4-6-16(18)8-9-19(20)26(23)3/h4-13H,1-3H3. The van der Waals surface area contributed by atoms with Crippen molar-refractivity contribution in [3.8, 4) is 11.3 Å². The van der Waals surface area contributed by atoms with E-state index in [0.29, 0.717) is 0 Å². The first-order valence-electron chi connectivity index (χ1n) is 8.83. The minimum Gasteiger partial charge on any atom is -0.340 e. The van der Waals surface area contributed by atoms with Gasteiger partial charge in [0.1, 0.15) is 11.8 Å². The monoisotopic (exact) mass is 337 g/mol. The second-order valence-corrected chi connectivity index (χ2v) is 7.04. The Bertz CT molecular complexity index is 1290. The third kappa shape index (κ3) is 2.07. The van der Waals surface area contributed by atoms with Crippen molar-refractivity contribution in [3.63, 3.8) is 0 Å². The summed E-state index contributed by atoms with van der Waals surface area (Å²) in [5.74, 6) is 0. The number of rotatable bonds is 1. The average Bonchev–Trinajstić information content (AvgIpc) is 2.94. The van der Waals surface area contributed by atoms with Gasteiger partial charge in [0.05, 0.1) is 16.7 Å². The molecule has 0 spiro atoms. The van der Waals surface area contributed by atoms with Crippen molar-refractivity contribution in [1.29, 1.82) is 0 Å². The molecule has 3 heteroatoms. The molecule has 0 unspecified atom stereocenters. The van der Waals surface area contributed by atoms with Gasteiger partial charge in [0.25, 0.3) is 0 Å². The van der Waals surface area contributed by atoms with Crippen molar-refractivity contribution in [3.05, 3.63) is 72.1 Å². The first-order chi connectivity index (χ1) is 12.6. The normalized spacial score (nSPS) is 11.7. The van der Waals surface area contributed by atoms with Crippen LogP contribution >= 0.6 is 0 Å². The predicted molar refractivity (Wildman–Crippen MR) is 108 cm³/mol. The van der Waals surface area contributed by atoms with E-state index in [4.69, 9.17) is 0 Å². The first kappa shape index (κ1) is 15.1. The van der Waals surface area contributed by atoms with E-state index in [1.54, 1.807) is 6.33 Å². The number of hydrogen-bond acceptors (Lipinski definition) is 2. The summed E-state index contributed by atoms with van der Waals surface area (Å²) in [6.07, 6.45) is 1.69. The van der Waals surface area contributed by atoms with Crippen LogP contribution in [-0.4, -0.2) is 14.5 Å². The fraction of sp³-hybridized carbons (Fsp3) is 0.130. The fourth-order valence-corrected chi connectivity index (χ4v) is 4.11. The second kappa shape index (κ2) is 5.40. The van der Waals surface area contributed by atoms with Crippen LogP contribution in [0.25, 0.3) is 44.0 Å². The molecule has 5 aromatic rings. The molecule has 0 saturated heterocycles. The molecule has 2 aromatic heterocycles. The van der Waals surface area contributed by atoms with Gasteiger partial charge in [0.2, 0.25) is 0 Å². The molecular weight excluding hydrogens is 318 g/mol. The molecule has 0 aliphatic heterocycles. The molecule has 0 aliphatic carbocycles. The zero-order valence-corrected chi connectivity index (χ0v) is 15.1. The summed E-state index contributed by atoms with van der Waals surface area (Å²) in [7, 11) is 2.11. The van der Waals surface area contributed by atoms with Crippen LogP contribution in [0.3, 0.4) is 0 Å². The van der Waals surface area contributed by atoms with Crippen molar-refractivity contribution >= 4 is 32.7 Å². The van der Waals surface area contributed by atoms with Gasteiger partial charge in [-0.05, 0) is 42.8 Å². The second-order valence-electron chi connectivity index (χ2n) is 7.04. The number of fused-ring (bicyclic) bond motifs is 5. The highest BCUT2D eigenvalue weighted by atomic mass is 15.0. The van der Waals surface area contributed by atoms with E-state index in [2.05, 4.69) is 90.0 Å². The van der Waals surface area contributed by atoms with Crippen LogP contribution in [0.4, 0.5) is 0 Å². The van der Waals surface area contributed by atoms with Crippen LogP contribution in [0.1, 0.15) is 11.1 Å². The Balaban J connectivity index is 1.97. The van der Waals surface area contributed by atoms with Crippen LogP contribution in [0.5, 0.6) is 0 Å².